The maximum atomic E-state index is 13.1. The molecule has 1 heterocycles. The summed E-state index contributed by atoms with van der Waals surface area (Å²) in [5.74, 6) is 0. The largest absolute Gasteiger partial charge is 0.416 e. The Bertz CT molecular complexity index is 1180. The Hall–Kier alpha value is -3.34. The Morgan fingerprint density at radius 2 is 1.44 bits per heavy atom. The molecule has 0 saturated heterocycles. The van der Waals surface area contributed by atoms with Crippen LogP contribution in [0.5, 0.6) is 0 Å². The van der Waals surface area contributed by atoms with Gasteiger partial charge in [0.1, 0.15) is 0 Å². The highest BCUT2D eigenvalue weighted by Crippen LogP contribution is 2.34. The molecule has 0 radical (unpaired) electrons. The minimum absolute atomic E-state index is 0.299. The fourth-order valence-corrected chi connectivity index (χ4v) is 3.23. The van der Waals surface area contributed by atoms with E-state index in [1.54, 1.807) is 28.8 Å². The Morgan fingerprint density at radius 3 is 2.19 bits per heavy atom. The quantitative estimate of drug-likeness (QED) is 0.448. The van der Waals surface area contributed by atoms with Crippen LogP contribution in [0.3, 0.4) is 0 Å². The van der Waals surface area contributed by atoms with Gasteiger partial charge in [0, 0.05) is 17.1 Å². The van der Waals surface area contributed by atoms with Crippen molar-refractivity contribution in [2.75, 3.05) is 0 Å². The molecule has 0 saturated carbocycles. The summed E-state index contributed by atoms with van der Waals surface area (Å²) >= 11 is 0. The van der Waals surface area contributed by atoms with E-state index >= 15 is 0 Å². The molecular weight excluding hydrogens is 351 g/mol. The molecule has 0 aliphatic heterocycles. The lowest BCUT2D eigenvalue weighted by Gasteiger charge is -2.15. The number of hydrogen-bond donors (Lipinski definition) is 0. The van der Waals surface area contributed by atoms with Crippen LogP contribution in [0.4, 0.5) is 13.2 Å². The van der Waals surface area contributed by atoms with E-state index in [1.165, 1.54) is 12.1 Å². The number of rotatable bonds is 2. The smallest absolute Gasteiger partial charge is 0.277 e. The first-order valence-corrected chi connectivity index (χ1v) is 8.33. The van der Waals surface area contributed by atoms with Crippen LogP contribution in [0.15, 0.2) is 89.7 Å². The van der Waals surface area contributed by atoms with E-state index in [0.29, 0.717) is 27.7 Å². The number of aromatic nitrogens is 1. The van der Waals surface area contributed by atoms with E-state index in [0.717, 1.165) is 12.1 Å². The predicted octanol–water partition coefficient (Wildman–Crippen LogP) is 5.68. The minimum Gasteiger partial charge on any atom is -0.277 e. The van der Waals surface area contributed by atoms with Crippen molar-refractivity contribution >= 4 is 10.9 Å². The van der Waals surface area contributed by atoms with Gasteiger partial charge in [0.15, 0.2) is 0 Å². The van der Waals surface area contributed by atoms with Gasteiger partial charge in [0.2, 0.25) is 0 Å². The molecular formula is C22H14F3NO. The molecule has 0 spiro atoms. The molecule has 134 valence electrons. The fraction of sp³-hybridized carbons (Fsp3) is 0.0455. The number of fused-ring (bicyclic) bond motifs is 1. The molecule has 0 unspecified atom stereocenters. The van der Waals surface area contributed by atoms with Crippen molar-refractivity contribution in [2.24, 2.45) is 0 Å². The van der Waals surface area contributed by atoms with Gasteiger partial charge in [-0.3, -0.25) is 9.36 Å². The SMILES string of the molecule is O=c1cc(-c2cccc(C(F)(F)F)c2)c2ccccc2n1-c1ccccc1. The van der Waals surface area contributed by atoms with Crippen LogP contribution in [0.1, 0.15) is 5.56 Å². The minimum atomic E-state index is -4.44. The summed E-state index contributed by atoms with van der Waals surface area (Å²) in [7, 11) is 0. The molecule has 0 bridgehead atoms. The fourth-order valence-electron chi connectivity index (χ4n) is 3.23. The lowest BCUT2D eigenvalue weighted by atomic mass is 9.99. The molecule has 0 fully saturated rings. The molecule has 3 aromatic carbocycles. The molecule has 4 aromatic rings. The van der Waals surface area contributed by atoms with Gasteiger partial charge < -0.3 is 0 Å². The molecule has 27 heavy (non-hydrogen) atoms. The standard InChI is InChI=1S/C22H14F3NO/c23-22(24,25)16-8-6-7-15(13-16)19-14-21(27)26(17-9-2-1-3-10-17)20-12-5-4-11-18(19)20/h1-14H. The highest BCUT2D eigenvalue weighted by Gasteiger charge is 2.30. The van der Waals surface area contributed by atoms with Crippen LogP contribution in [-0.2, 0) is 6.18 Å². The first-order chi connectivity index (χ1) is 12.9. The van der Waals surface area contributed by atoms with E-state index in [2.05, 4.69) is 0 Å². The van der Waals surface area contributed by atoms with Crippen molar-refractivity contribution in [3.8, 4) is 16.8 Å². The summed E-state index contributed by atoms with van der Waals surface area (Å²) in [6.07, 6.45) is -4.44. The molecule has 0 aliphatic rings. The van der Waals surface area contributed by atoms with Gasteiger partial charge in [-0.2, -0.15) is 13.2 Å². The molecule has 2 nitrogen and oxygen atoms in total. The van der Waals surface area contributed by atoms with E-state index < -0.39 is 11.7 Å². The van der Waals surface area contributed by atoms with Gasteiger partial charge in [-0.1, -0.05) is 48.5 Å². The highest BCUT2D eigenvalue weighted by molar-refractivity contribution is 5.95. The van der Waals surface area contributed by atoms with E-state index in [9.17, 15) is 18.0 Å². The van der Waals surface area contributed by atoms with Crippen molar-refractivity contribution in [1.29, 1.82) is 0 Å². The average molecular weight is 365 g/mol. The van der Waals surface area contributed by atoms with Crippen molar-refractivity contribution in [3.05, 3.63) is 101 Å². The summed E-state index contributed by atoms with van der Waals surface area (Å²) < 4.78 is 40.9. The number of para-hydroxylation sites is 2. The number of pyridine rings is 1. The number of hydrogen-bond acceptors (Lipinski definition) is 1. The first-order valence-electron chi connectivity index (χ1n) is 8.33. The summed E-state index contributed by atoms with van der Waals surface area (Å²) in [4.78, 5) is 12.9. The van der Waals surface area contributed by atoms with Crippen LogP contribution >= 0.6 is 0 Å². The van der Waals surface area contributed by atoms with Gasteiger partial charge in [0.25, 0.3) is 5.56 Å². The molecule has 1 aromatic heterocycles. The molecule has 0 N–H and O–H groups in total. The Morgan fingerprint density at radius 1 is 0.741 bits per heavy atom. The lowest BCUT2D eigenvalue weighted by Crippen LogP contribution is -2.18. The monoisotopic (exact) mass is 365 g/mol. The summed E-state index contributed by atoms with van der Waals surface area (Å²) in [5, 5.41) is 0.709. The van der Waals surface area contributed by atoms with Gasteiger partial charge in [-0.15, -0.1) is 0 Å². The Kier molecular flexibility index (Phi) is 4.07. The number of nitrogens with zero attached hydrogens (tertiary/aromatic N) is 1. The third-order valence-electron chi connectivity index (χ3n) is 4.44. The molecule has 5 heteroatoms. The summed E-state index contributed by atoms with van der Waals surface area (Å²) in [5.41, 5.74) is 1.15. The zero-order valence-corrected chi connectivity index (χ0v) is 14.1. The van der Waals surface area contributed by atoms with Crippen LogP contribution < -0.4 is 5.56 Å². The van der Waals surface area contributed by atoms with Crippen LogP contribution in [0.2, 0.25) is 0 Å². The third kappa shape index (κ3) is 3.12. The summed E-state index contributed by atoms with van der Waals surface area (Å²) in [6, 6.07) is 22.8. The van der Waals surface area contributed by atoms with Crippen LogP contribution in [0, 0.1) is 0 Å². The zero-order chi connectivity index (χ0) is 19.0. The van der Waals surface area contributed by atoms with Crippen molar-refractivity contribution in [3.63, 3.8) is 0 Å². The van der Waals surface area contributed by atoms with Crippen LogP contribution in [0.25, 0.3) is 27.7 Å². The second kappa shape index (κ2) is 6.43. The van der Waals surface area contributed by atoms with E-state index in [4.69, 9.17) is 0 Å². The Balaban J connectivity index is 2.02. The van der Waals surface area contributed by atoms with E-state index in [-0.39, 0.29) is 5.56 Å². The maximum Gasteiger partial charge on any atom is 0.416 e. The molecule has 0 aliphatic carbocycles. The summed E-state index contributed by atoms with van der Waals surface area (Å²) in [6.45, 7) is 0. The predicted molar refractivity (Wildman–Crippen MR) is 100.0 cm³/mol. The van der Waals surface area contributed by atoms with Gasteiger partial charge in [-0.05, 0) is 41.5 Å². The molecule has 0 atom stereocenters. The number of benzene rings is 3. The van der Waals surface area contributed by atoms with Gasteiger partial charge in [-0.25, -0.2) is 0 Å². The van der Waals surface area contributed by atoms with Crippen molar-refractivity contribution < 1.29 is 13.2 Å². The van der Waals surface area contributed by atoms with E-state index in [1.807, 2.05) is 36.4 Å². The van der Waals surface area contributed by atoms with Crippen molar-refractivity contribution in [1.82, 2.24) is 4.57 Å². The van der Waals surface area contributed by atoms with Crippen molar-refractivity contribution in [2.45, 2.75) is 6.18 Å². The normalized spacial score (nSPS) is 11.7. The lowest BCUT2D eigenvalue weighted by molar-refractivity contribution is -0.137. The second-order valence-corrected chi connectivity index (χ2v) is 6.16. The maximum absolute atomic E-state index is 13.1. The average Bonchev–Trinajstić information content (AvgIpc) is 2.67. The topological polar surface area (TPSA) is 22.0 Å². The number of alkyl halides is 3. The first kappa shape index (κ1) is 17.1. The van der Waals surface area contributed by atoms with Gasteiger partial charge >= 0.3 is 6.18 Å². The highest BCUT2D eigenvalue weighted by atomic mass is 19.4. The zero-order valence-electron chi connectivity index (χ0n) is 14.1. The second-order valence-electron chi connectivity index (χ2n) is 6.16. The number of halogens is 3. The molecule has 4 rings (SSSR count). The molecule has 0 amide bonds. The van der Waals surface area contributed by atoms with Crippen LogP contribution in [-0.4, -0.2) is 4.57 Å². The third-order valence-corrected chi connectivity index (χ3v) is 4.44. The Labute approximate surface area is 153 Å². The van der Waals surface area contributed by atoms with Gasteiger partial charge in [0.05, 0.1) is 11.1 Å².